The highest BCUT2D eigenvalue weighted by atomic mass is 16.5. The molecule has 1 aliphatic carbocycles. The van der Waals surface area contributed by atoms with Crippen LogP contribution in [0.25, 0.3) is 11.1 Å². The number of carbonyl (C=O) groups excluding carboxylic acids is 2. The van der Waals surface area contributed by atoms with Crippen LogP contribution >= 0.6 is 0 Å². The van der Waals surface area contributed by atoms with Gasteiger partial charge in [-0.1, -0.05) is 48.5 Å². The summed E-state index contributed by atoms with van der Waals surface area (Å²) in [5.74, 6) is -1.62. The zero-order valence-corrected chi connectivity index (χ0v) is 19.8. The maximum atomic E-state index is 12.6. The number of fused-ring (bicyclic) bond motifs is 3. The molecule has 8 heteroatoms. The zero-order chi connectivity index (χ0) is 24.7. The van der Waals surface area contributed by atoms with Gasteiger partial charge in [0.25, 0.3) is 0 Å². The van der Waals surface area contributed by atoms with E-state index in [0.717, 1.165) is 22.3 Å². The van der Waals surface area contributed by atoms with Gasteiger partial charge in [-0.2, -0.15) is 0 Å². The van der Waals surface area contributed by atoms with Gasteiger partial charge in [0, 0.05) is 26.0 Å². The van der Waals surface area contributed by atoms with Crippen LogP contribution in [0, 0.1) is 0 Å². The average Bonchev–Trinajstić information content (AvgIpc) is 3.14. The van der Waals surface area contributed by atoms with Crippen molar-refractivity contribution in [3.05, 3.63) is 59.7 Å². The van der Waals surface area contributed by atoms with Crippen LogP contribution in [0.5, 0.6) is 0 Å². The number of rotatable bonds is 11. The minimum atomic E-state index is -1.05. The number of carboxylic acid groups (broad SMARTS) is 1. The Morgan fingerprint density at radius 2 is 1.62 bits per heavy atom. The normalized spacial score (nSPS) is 13.5. The maximum absolute atomic E-state index is 12.6. The Morgan fingerprint density at radius 1 is 1.03 bits per heavy atom. The first-order chi connectivity index (χ1) is 16.2. The van der Waals surface area contributed by atoms with E-state index < -0.39 is 29.6 Å². The van der Waals surface area contributed by atoms with Gasteiger partial charge >= 0.3 is 12.1 Å². The highest BCUT2D eigenvalue weighted by Crippen LogP contribution is 2.44. The predicted octanol–water partition coefficient (Wildman–Crippen LogP) is 3.69. The van der Waals surface area contributed by atoms with E-state index in [1.54, 1.807) is 7.11 Å². The number of hydrogen-bond donors (Lipinski definition) is 3. The smallest absolute Gasteiger partial charge is 0.407 e. The van der Waals surface area contributed by atoms with Crippen LogP contribution in [0.4, 0.5) is 4.79 Å². The summed E-state index contributed by atoms with van der Waals surface area (Å²) in [6.45, 7) is 4.23. The number of methoxy groups -OCH3 is 1. The van der Waals surface area contributed by atoms with Gasteiger partial charge in [0.15, 0.2) is 0 Å². The van der Waals surface area contributed by atoms with Gasteiger partial charge in [-0.25, -0.2) is 4.79 Å². The Bertz CT molecular complexity index is 990. The van der Waals surface area contributed by atoms with E-state index in [4.69, 9.17) is 14.6 Å². The minimum Gasteiger partial charge on any atom is -0.481 e. The van der Waals surface area contributed by atoms with Crippen LogP contribution in [0.1, 0.15) is 50.2 Å². The molecule has 3 N–H and O–H groups in total. The second-order valence-electron chi connectivity index (χ2n) is 8.96. The second-order valence-corrected chi connectivity index (χ2v) is 8.96. The first-order valence-corrected chi connectivity index (χ1v) is 11.4. The molecular formula is C26H32N2O6. The molecule has 34 heavy (non-hydrogen) atoms. The van der Waals surface area contributed by atoms with E-state index in [1.165, 1.54) is 0 Å². The Labute approximate surface area is 199 Å². The average molecular weight is 469 g/mol. The molecule has 0 spiro atoms. The molecule has 0 aromatic heterocycles. The molecule has 0 heterocycles. The fourth-order valence-corrected chi connectivity index (χ4v) is 4.03. The molecule has 182 valence electrons. The van der Waals surface area contributed by atoms with Crippen molar-refractivity contribution < 1.29 is 29.0 Å². The van der Waals surface area contributed by atoms with Crippen LogP contribution in [0.2, 0.25) is 0 Å². The Morgan fingerprint density at radius 3 is 2.18 bits per heavy atom. The van der Waals surface area contributed by atoms with E-state index in [1.807, 2.05) is 62.4 Å². The summed E-state index contributed by atoms with van der Waals surface area (Å²) >= 11 is 0. The monoisotopic (exact) mass is 468 g/mol. The van der Waals surface area contributed by atoms with Crippen molar-refractivity contribution in [3.63, 3.8) is 0 Å². The van der Waals surface area contributed by atoms with Crippen LogP contribution in [0.15, 0.2) is 48.5 Å². The number of carbonyl (C=O) groups is 3. The van der Waals surface area contributed by atoms with Gasteiger partial charge in [-0.3, -0.25) is 9.59 Å². The molecule has 0 aliphatic heterocycles. The molecule has 2 amide bonds. The number of aliphatic carboxylic acids is 1. The van der Waals surface area contributed by atoms with E-state index in [9.17, 15) is 14.4 Å². The molecule has 1 unspecified atom stereocenters. The van der Waals surface area contributed by atoms with Gasteiger partial charge in [0.1, 0.15) is 12.6 Å². The molecule has 1 atom stereocenters. The van der Waals surface area contributed by atoms with Crippen molar-refractivity contribution in [3.8, 4) is 11.1 Å². The number of ether oxygens (including phenoxy) is 2. The number of alkyl carbamates (subject to hydrolysis) is 1. The zero-order valence-electron chi connectivity index (χ0n) is 19.8. The fourth-order valence-electron chi connectivity index (χ4n) is 4.03. The summed E-state index contributed by atoms with van der Waals surface area (Å²) in [6, 6.07) is 15.0. The third-order valence-corrected chi connectivity index (χ3v) is 6.18. The van der Waals surface area contributed by atoms with E-state index in [2.05, 4.69) is 10.6 Å². The maximum Gasteiger partial charge on any atom is 0.407 e. The molecule has 1 aliphatic rings. The van der Waals surface area contributed by atoms with Gasteiger partial charge < -0.3 is 25.2 Å². The van der Waals surface area contributed by atoms with E-state index in [-0.39, 0.29) is 25.4 Å². The second kappa shape index (κ2) is 11.2. The SMILES string of the molecule is COC(C)(C)CCNC(=O)C(CCC(=O)O)NC(=O)OCC1c2ccccc2-c2ccccc21. The number of benzene rings is 2. The minimum absolute atomic E-state index is 0.0426. The van der Waals surface area contributed by atoms with Gasteiger partial charge in [-0.05, 0) is 48.9 Å². The Hall–Kier alpha value is -3.39. The van der Waals surface area contributed by atoms with Crippen LogP contribution in [-0.4, -0.2) is 55.0 Å². The van der Waals surface area contributed by atoms with Crippen LogP contribution in [0.3, 0.4) is 0 Å². The fraction of sp³-hybridized carbons (Fsp3) is 0.423. The summed E-state index contributed by atoms with van der Waals surface area (Å²) in [4.78, 5) is 36.3. The van der Waals surface area contributed by atoms with E-state index >= 15 is 0 Å². The molecular weight excluding hydrogens is 436 g/mol. The molecule has 2 aromatic carbocycles. The summed E-state index contributed by atoms with van der Waals surface area (Å²) in [7, 11) is 1.59. The lowest BCUT2D eigenvalue weighted by Crippen LogP contribution is -2.48. The van der Waals surface area contributed by atoms with E-state index in [0.29, 0.717) is 13.0 Å². The van der Waals surface area contributed by atoms with Crippen molar-refractivity contribution in [2.75, 3.05) is 20.3 Å². The van der Waals surface area contributed by atoms with Gasteiger partial charge in [0.05, 0.1) is 5.60 Å². The third kappa shape index (κ3) is 6.35. The molecule has 0 saturated carbocycles. The molecule has 0 bridgehead atoms. The van der Waals surface area contributed by atoms with Crippen molar-refractivity contribution >= 4 is 18.0 Å². The van der Waals surface area contributed by atoms with Crippen molar-refractivity contribution in [2.45, 2.75) is 50.7 Å². The highest BCUT2D eigenvalue weighted by molar-refractivity contribution is 5.86. The Balaban J connectivity index is 1.61. The van der Waals surface area contributed by atoms with Crippen LogP contribution in [-0.2, 0) is 19.1 Å². The lowest BCUT2D eigenvalue weighted by atomic mass is 9.98. The largest absolute Gasteiger partial charge is 0.481 e. The molecule has 2 aromatic rings. The number of carboxylic acids is 1. The lowest BCUT2D eigenvalue weighted by molar-refractivity contribution is -0.137. The quantitative estimate of drug-likeness (QED) is 0.464. The number of nitrogens with one attached hydrogen (secondary N) is 2. The highest BCUT2D eigenvalue weighted by Gasteiger charge is 2.30. The molecule has 0 radical (unpaired) electrons. The molecule has 3 rings (SSSR count). The number of hydrogen-bond acceptors (Lipinski definition) is 5. The number of amides is 2. The third-order valence-electron chi connectivity index (χ3n) is 6.18. The summed E-state index contributed by atoms with van der Waals surface area (Å²) in [5, 5.41) is 14.3. The Kier molecular flexibility index (Phi) is 8.28. The van der Waals surface area contributed by atoms with Crippen molar-refractivity contribution in [1.82, 2.24) is 10.6 Å². The molecule has 8 nitrogen and oxygen atoms in total. The summed E-state index contributed by atoms with van der Waals surface area (Å²) in [5.41, 5.74) is 3.98. The van der Waals surface area contributed by atoms with Gasteiger partial charge in [0.2, 0.25) is 5.91 Å². The summed E-state index contributed by atoms with van der Waals surface area (Å²) < 4.78 is 10.8. The van der Waals surface area contributed by atoms with Crippen LogP contribution < -0.4 is 10.6 Å². The molecule has 0 fully saturated rings. The molecule has 0 saturated heterocycles. The summed E-state index contributed by atoms with van der Waals surface area (Å²) in [6.07, 6.45) is -0.500. The lowest BCUT2D eigenvalue weighted by Gasteiger charge is -2.24. The van der Waals surface area contributed by atoms with Crippen molar-refractivity contribution in [2.24, 2.45) is 0 Å². The first-order valence-electron chi connectivity index (χ1n) is 11.4. The van der Waals surface area contributed by atoms with Gasteiger partial charge in [-0.15, -0.1) is 0 Å². The predicted molar refractivity (Wildman–Crippen MR) is 128 cm³/mol. The standard InChI is InChI=1S/C26H32N2O6/c1-26(2,33-3)14-15-27-24(31)22(12-13-23(29)30)28-25(32)34-16-21-19-10-6-4-8-17(19)18-9-5-7-11-20(18)21/h4-11,21-22H,12-16H2,1-3H3,(H,27,31)(H,28,32)(H,29,30). The first kappa shape index (κ1) is 25.2. The topological polar surface area (TPSA) is 114 Å². The van der Waals surface area contributed by atoms with Crippen molar-refractivity contribution in [1.29, 1.82) is 0 Å².